The van der Waals surface area contributed by atoms with Gasteiger partial charge in [-0.3, -0.25) is 0 Å². The molecule has 3 nitrogen and oxygen atoms in total. The van der Waals surface area contributed by atoms with Crippen LogP contribution in [0.2, 0.25) is 0 Å². The summed E-state index contributed by atoms with van der Waals surface area (Å²) in [6.45, 7) is 1.79. The van der Waals surface area contributed by atoms with Crippen LogP contribution in [0.3, 0.4) is 0 Å². The van der Waals surface area contributed by atoms with Crippen molar-refractivity contribution < 1.29 is 12.6 Å². The quantitative estimate of drug-likeness (QED) is 0.572. The highest BCUT2D eigenvalue weighted by Gasteiger charge is 2.06. The molecule has 0 aliphatic rings. The molecule has 0 aliphatic heterocycles. The number of hydrogen-bond acceptors (Lipinski definition) is 3. The molecule has 0 amide bonds. The Hall–Kier alpha value is -1.29. The summed E-state index contributed by atoms with van der Waals surface area (Å²) in [5.74, 6) is 0.0477. The van der Waals surface area contributed by atoms with E-state index in [-0.39, 0.29) is 5.75 Å². The first kappa shape index (κ1) is 11.8. The molecule has 0 N–H and O–H groups in total. The first-order valence-corrected chi connectivity index (χ1v) is 6.34. The summed E-state index contributed by atoms with van der Waals surface area (Å²) < 4.78 is 27.0. The molecule has 0 heterocycles. The molecule has 0 atom stereocenters. The van der Waals surface area contributed by atoms with Gasteiger partial charge in [-0.2, -0.15) is 8.42 Å². The zero-order chi connectivity index (χ0) is 11.1. The lowest BCUT2D eigenvalue weighted by molar-refractivity contribution is 0.445. The zero-order valence-electron chi connectivity index (χ0n) is 8.59. The topological polar surface area (TPSA) is 43.4 Å². The minimum Gasteiger partial charge on any atom is -0.390 e. The van der Waals surface area contributed by atoms with Crippen molar-refractivity contribution in [2.45, 2.75) is 13.3 Å². The van der Waals surface area contributed by atoms with Gasteiger partial charge in [0.1, 0.15) is 6.26 Å². The van der Waals surface area contributed by atoms with E-state index in [0.717, 1.165) is 5.56 Å². The molecule has 1 rings (SSSR count). The SMILES string of the molecule is CCCS(=O)(=O)O/C=C/c1ccccc1. The first-order valence-electron chi connectivity index (χ1n) is 4.76. The van der Waals surface area contributed by atoms with Crippen molar-refractivity contribution in [2.24, 2.45) is 0 Å². The molecule has 0 fully saturated rings. The van der Waals surface area contributed by atoms with Gasteiger partial charge in [0.15, 0.2) is 0 Å². The largest absolute Gasteiger partial charge is 0.390 e. The van der Waals surface area contributed by atoms with Crippen molar-refractivity contribution in [2.75, 3.05) is 5.75 Å². The van der Waals surface area contributed by atoms with Crippen molar-refractivity contribution in [3.63, 3.8) is 0 Å². The third-order valence-corrected chi connectivity index (χ3v) is 3.03. The maximum absolute atomic E-state index is 11.1. The second kappa shape index (κ2) is 5.56. The molecule has 0 aliphatic carbocycles. The molecule has 0 saturated carbocycles. The summed E-state index contributed by atoms with van der Waals surface area (Å²) in [7, 11) is -3.39. The van der Waals surface area contributed by atoms with E-state index in [0.29, 0.717) is 6.42 Å². The van der Waals surface area contributed by atoms with Crippen LogP contribution in [0.15, 0.2) is 36.6 Å². The van der Waals surface area contributed by atoms with Gasteiger partial charge in [-0.05, 0) is 18.1 Å². The lowest BCUT2D eigenvalue weighted by Gasteiger charge is -1.99. The zero-order valence-corrected chi connectivity index (χ0v) is 9.41. The molecule has 0 aromatic heterocycles. The van der Waals surface area contributed by atoms with Crippen LogP contribution in [0, 0.1) is 0 Å². The Morgan fingerprint density at radius 1 is 1.27 bits per heavy atom. The van der Waals surface area contributed by atoms with E-state index >= 15 is 0 Å². The van der Waals surface area contributed by atoms with Gasteiger partial charge in [-0.1, -0.05) is 37.3 Å². The van der Waals surface area contributed by atoms with E-state index in [1.165, 1.54) is 6.26 Å². The second-order valence-corrected chi connectivity index (χ2v) is 4.79. The van der Waals surface area contributed by atoms with Crippen molar-refractivity contribution in [3.8, 4) is 0 Å². The van der Waals surface area contributed by atoms with Crippen LogP contribution < -0.4 is 0 Å². The highest BCUT2D eigenvalue weighted by molar-refractivity contribution is 7.86. The Labute approximate surface area is 90.5 Å². The van der Waals surface area contributed by atoms with E-state index in [9.17, 15) is 8.42 Å². The summed E-state index contributed by atoms with van der Waals surface area (Å²) in [5.41, 5.74) is 0.907. The van der Waals surface area contributed by atoms with Crippen LogP contribution in [-0.4, -0.2) is 14.2 Å². The average Bonchev–Trinajstić information content (AvgIpc) is 2.19. The Bertz CT molecular complexity index is 407. The van der Waals surface area contributed by atoms with Crippen LogP contribution in [0.5, 0.6) is 0 Å². The molecule has 0 saturated heterocycles. The summed E-state index contributed by atoms with van der Waals surface area (Å²) in [6, 6.07) is 9.38. The minimum atomic E-state index is -3.39. The number of hydrogen-bond donors (Lipinski definition) is 0. The smallest absolute Gasteiger partial charge is 0.308 e. The molecular weight excluding hydrogens is 212 g/mol. The lowest BCUT2D eigenvalue weighted by Crippen LogP contribution is -2.05. The Kier molecular flexibility index (Phi) is 4.37. The molecule has 4 heteroatoms. The average molecular weight is 226 g/mol. The normalized spacial score (nSPS) is 11.8. The van der Waals surface area contributed by atoms with Gasteiger partial charge in [0.2, 0.25) is 0 Å². The van der Waals surface area contributed by atoms with E-state index in [1.54, 1.807) is 13.0 Å². The Morgan fingerprint density at radius 3 is 2.53 bits per heavy atom. The standard InChI is InChI=1S/C11H14O3S/c1-2-10-15(12,13)14-9-8-11-6-4-3-5-7-11/h3-9H,2,10H2,1H3/b9-8+. The van der Waals surface area contributed by atoms with Gasteiger partial charge in [0, 0.05) is 0 Å². The van der Waals surface area contributed by atoms with Crippen LogP contribution in [0.1, 0.15) is 18.9 Å². The van der Waals surface area contributed by atoms with Crippen molar-refractivity contribution >= 4 is 16.2 Å². The van der Waals surface area contributed by atoms with Gasteiger partial charge in [-0.15, -0.1) is 0 Å². The van der Waals surface area contributed by atoms with Gasteiger partial charge in [0.05, 0.1) is 5.75 Å². The predicted molar refractivity (Wildman–Crippen MR) is 60.6 cm³/mol. The Morgan fingerprint density at radius 2 is 1.93 bits per heavy atom. The molecule has 1 aromatic rings. The highest BCUT2D eigenvalue weighted by atomic mass is 32.2. The summed E-state index contributed by atoms with van der Waals surface area (Å²) in [4.78, 5) is 0. The van der Waals surface area contributed by atoms with Crippen LogP contribution in [0.25, 0.3) is 6.08 Å². The summed E-state index contributed by atoms with van der Waals surface area (Å²) >= 11 is 0. The van der Waals surface area contributed by atoms with Gasteiger partial charge >= 0.3 is 10.1 Å². The maximum Gasteiger partial charge on any atom is 0.308 e. The highest BCUT2D eigenvalue weighted by Crippen LogP contribution is 2.03. The fraction of sp³-hybridized carbons (Fsp3) is 0.273. The van der Waals surface area contributed by atoms with E-state index in [1.807, 2.05) is 30.3 Å². The molecule has 0 unspecified atom stereocenters. The van der Waals surface area contributed by atoms with Crippen LogP contribution in [-0.2, 0) is 14.3 Å². The summed E-state index contributed by atoms with van der Waals surface area (Å²) in [6.07, 6.45) is 3.38. The summed E-state index contributed by atoms with van der Waals surface area (Å²) in [5, 5.41) is 0. The van der Waals surface area contributed by atoms with Crippen molar-refractivity contribution in [1.29, 1.82) is 0 Å². The molecule has 0 spiro atoms. The van der Waals surface area contributed by atoms with Crippen LogP contribution in [0.4, 0.5) is 0 Å². The van der Waals surface area contributed by atoms with Gasteiger partial charge in [-0.25, -0.2) is 0 Å². The third kappa shape index (κ3) is 4.65. The second-order valence-electron chi connectivity index (χ2n) is 3.07. The predicted octanol–water partition coefficient (Wildman–Crippen LogP) is 2.41. The number of benzene rings is 1. The molecule has 82 valence electrons. The Balaban J connectivity index is 2.54. The van der Waals surface area contributed by atoms with Crippen molar-refractivity contribution in [1.82, 2.24) is 0 Å². The fourth-order valence-electron chi connectivity index (χ4n) is 1.05. The molecule has 15 heavy (non-hydrogen) atoms. The third-order valence-electron chi connectivity index (χ3n) is 1.72. The fourth-order valence-corrected chi connectivity index (χ4v) is 1.87. The van der Waals surface area contributed by atoms with E-state index in [2.05, 4.69) is 4.18 Å². The lowest BCUT2D eigenvalue weighted by atomic mass is 10.2. The van der Waals surface area contributed by atoms with Crippen molar-refractivity contribution in [3.05, 3.63) is 42.2 Å². The molecule has 0 radical (unpaired) electrons. The number of rotatable bonds is 5. The van der Waals surface area contributed by atoms with Gasteiger partial charge in [0.25, 0.3) is 0 Å². The van der Waals surface area contributed by atoms with E-state index in [4.69, 9.17) is 0 Å². The first-order chi connectivity index (χ1) is 7.14. The molecule has 1 aromatic carbocycles. The van der Waals surface area contributed by atoms with Crippen LogP contribution >= 0.6 is 0 Å². The van der Waals surface area contributed by atoms with Gasteiger partial charge < -0.3 is 4.18 Å². The molecule has 0 bridgehead atoms. The molecular formula is C11H14O3S. The minimum absolute atomic E-state index is 0.0477. The van der Waals surface area contributed by atoms with E-state index < -0.39 is 10.1 Å². The maximum atomic E-state index is 11.1. The monoisotopic (exact) mass is 226 g/mol.